The highest BCUT2D eigenvalue weighted by atomic mass is 32.1. The normalized spacial score (nSPS) is 10.8. The Hall–Kier alpha value is -2.74. The van der Waals surface area contributed by atoms with E-state index in [1.807, 2.05) is 19.9 Å². The molecule has 1 N–H and O–H groups in total. The summed E-state index contributed by atoms with van der Waals surface area (Å²) in [4.78, 5) is 12.7. The number of aryl methyl sites for hydroxylation is 3. The maximum Gasteiger partial charge on any atom is 0.261 e. The zero-order valence-electron chi connectivity index (χ0n) is 16.3. The van der Waals surface area contributed by atoms with Crippen LogP contribution in [0.4, 0.5) is 5.13 Å². The molecule has 3 aromatic rings. The predicted molar refractivity (Wildman–Crippen MR) is 108 cm³/mol. The number of ether oxygens (including phenoxy) is 1. The SMILES string of the molecule is CCCCCc1nnc(NC(=O)c2ccccc2OCc2c(C)noc2C)s1. The molecular weight excluding hydrogens is 376 g/mol. The van der Waals surface area contributed by atoms with Crippen LogP contribution in [0.5, 0.6) is 5.75 Å². The van der Waals surface area contributed by atoms with E-state index in [1.165, 1.54) is 11.3 Å². The minimum absolute atomic E-state index is 0.273. The van der Waals surface area contributed by atoms with E-state index in [-0.39, 0.29) is 12.5 Å². The van der Waals surface area contributed by atoms with Crippen molar-refractivity contribution in [3.8, 4) is 5.75 Å². The van der Waals surface area contributed by atoms with Gasteiger partial charge in [0.25, 0.3) is 5.91 Å². The summed E-state index contributed by atoms with van der Waals surface area (Å²) in [6.07, 6.45) is 4.29. The molecule has 0 aliphatic heterocycles. The third kappa shape index (κ3) is 4.95. The van der Waals surface area contributed by atoms with Crippen LogP contribution in [0.25, 0.3) is 0 Å². The van der Waals surface area contributed by atoms with E-state index < -0.39 is 0 Å². The van der Waals surface area contributed by atoms with E-state index >= 15 is 0 Å². The van der Waals surface area contributed by atoms with Crippen LogP contribution in [0.15, 0.2) is 28.8 Å². The number of nitrogens with one attached hydrogen (secondary N) is 1. The lowest BCUT2D eigenvalue weighted by Gasteiger charge is -2.10. The molecule has 0 aliphatic carbocycles. The van der Waals surface area contributed by atoms with Gasteiger partial charge in [0.2, 0.25) is 5.13 Å². The minimum Gasteiger partial charge on any atom is -0.488 e. The number of carbonyl (C=O) groups excluding carboxylic acids is 1. The number of hydrogen-bond acceptors (Lipinski definition) is 7. The van der Waals surface area contributed by atoms with Crippen molar-refractivity contribution in [3.05, 3.63) is 51.9 Å². The molecule has 0 saturated carbocycles. The minimum atomic E-state index is -0.273. The highest BCUT2D eigenvalue weighted by molar-refractivity contribution is 7.15. The zero-order valence-corrected chi connectivity index (χ0v) is 17.1. The van der Waals surface area contributed by atoms with Crippen LogP contribution < -0.4 is 10.1 Å². The molecule has 2 heterocycles. The number of unbranched alkanes of at least 4 members (excludes halogenated alkanes) is 2. The van der Waals surface area contributed by atoms with Crippen molar-refractivity contribution in [1.29, 1.82) is 0 Å². The molecule has 1 aromatic carbocycles. The Morgan fingerprint density at radius 2 is 2.04 bits per heavy atom. The van der Waals surface area contributed by atoms with Gasteiger partial charge in [-0.15, -0.1) is 10.2 Å². The summed E-state index contributed by atoms with van der Waals surface area (Å²) in [5.41, 5.74) is 2.11. The van der Waals surface area contributed by atoms with E-state index in [9.17, 15) is 4.79 Å². The van der Waals surface area contributed by atoms with Crippen LogP contribution in [-0.2, 0) is 13.0 Å². The molecule has 148 valence electrons. The lowest BCUT2D eigenvalue weighted by Crippen LogP contribution is -2.13. The lowest BCUT2D eigenvalue weighted by atomic mass is 10.2. The molecule has 0 bridgehead atoms. The summed E-state index contributed by atoms with van der Waals surface area (Å²) in [6, 6.07) is 7.12. The van der Waals surface area contributed by atoms with Crippen molar-refractivity contribution in [2.75, 3.05) is 5.32 Å². The van der Waals surface area contributed by atoms with Gasteiger partial charge in [-0.3, -0.25) is 10.1 Å². The molecule has 1 amide bonds. The first-order valence-corrected chi connectivity index (χ1v) is 10.2. The van der Waals surface area contributed by atoms with Crippen LogP contribution in [0.1, 0.15) is 58.6 Å². The molecule has 0 aliphatic rings. The van der Waals surface area contributed by atoms with Crippen LogP contribution in [-0.4, -0.2) is 21.3 Å². The van der Waals surface area contributed by atoms with Crippen LogP contribution >= 0.6 is 11.3 Å². The van der Waals surface area contributed by atoms with Crippen molar-refractivity contribution in [3.63, 3.8) is 0 Å². The van der Waals surface area contributed by atoms with Crippen LogP contribution in [0.2, 0.25) is 0 Å². The molecule has 0 spiro atoms. The predicted octanol–water partition coefficient (Wildman–Crippen LogP) is 4.71. The molecule has 0 atom stereocenters. The van der Waals surface area contributed by atoms with Crippen molar-refractivity contribution >= 4 is 22.4 Å². The number of rotatable bonds is 9. The fourth-order valence-corrected chi connectivity index (χ4v) is 3.51. The topological polar surface area (TPSA) is 90.1 Å². The third-order valence-electron chi connectivity index (χ3n) is 4.37. The summed E-state index contributed by atoms with van der Waals surface area (Å²) >= 11 is 1.41. The molecule has 0 saturated heterocycles. The van der Waals surface area contributed by atoms with Gasteiger partial charge in [0.15, 0.2) is 0 Å². The number of anilines is 1. The van der Waals surface area contributed by atoms with Crippen LogP contribution in [0, 0.1) is 13.8 Å². The Balaban J connectivity index is 1.65. The van der Waals surface area contributed by atoms with Crippen molar-refractivity contribution in [2.45, 2.75) is 53.1 Å². The van der Waals surface area contributed by atoms with E-state index in [0.717, 1.165) is 41.9 Å². The highest BCUT2D eigenvalue weighted by Crippen LogP contribution is 2.24. The molecule has 0 fully saturated rings. The molecule has 8 heteroatoms. The van der Waals surface area contributed by atoms with Crippen LogP contribution in [0.3, 0.4) is 0 Å². The fourth-order valence-electron chi connectivity index (χ4n) is 2.73. The molecular formula is C20H24N4O3S. The first-order valence-electron chi connectivity index (χ1n) is 9.35. The number of benzene rings is 1. The Bertz CT molecular complexity index is 916. The largest absolute Gasteiger partial charge is 0.488 e. The van der Waals surface area contributed by atoms with Gasteiger partial charge in [-0.2, -0.15) is 0 Å². The number of nitrogens with zero attached hydrogens (tertiary/aromatic N) is 3. The van der Waals surface area contributed by atoms with Crippen molar-refractivity contribution in [1.82, 2.24) is 15.4 Å². The van der Waals surface area contributed by atoms with Gasteiger partial charge in [0, 0.05) is 6.42 Å². The van der Waals surface area contributed by atoms with E-state index in [0.29, 0.717) is 22.2 Å². The van der Waals surface area contributed by atoms with Gasteiger partial charge in [-0.05, 0) is 32.4 Å². The molecule has 2 aromatic heterocycles. The Labute approximate surface area is 168 Å². The smallest absolute Gasteiger partial charge is 0.261 e. The summed E-state index contributed by atoms with van der Waals surface area (Å²) < 4.78 is 11.0. The third-order valence-corrected chi connectivity index (χ3v) is 5.26. The second kappa shape index (κ2) is 9.45. The number of para-hydroxylation sites is 1. The number of amides is 1. The number of aromatic nitrogens is 3. The van der Waals surface area contributed by atoms with Gasteiger partial charge < -0.3 is 9.26 Å². The van der Waals surface area contributed by atoms with Gasteiger partial charge in [0.05, 0.1) is 16.8 Å². The second-order valence-electron chi connectivity index (χ2n) is 6.50. The van der Waals surface area contributed by atoms with E-state index in [1.54, 1.807) is 18.2 Å². The first kappa shape index (κ1) is 20.0. The standard InChI is InChI=1S/C20H24N4O3S/c1-4-5-6-11-18-22-23-20(28-18)21-19(25)15-9-7-8-10-17(15)26-12-16-13(2)24-27-14(16)3/h7-10H,4-6,11-12H2,1-3H3,(H,21,23,25). The first-order chi connectivity index (χ1) is 13.6. The second-order valence-corrected chi connectivity index (χ2v) is 7.56. The Morgan fingerprint density at radius 1 is 1.21 bits per heavy atom. The van der Waals surface area contributed by atoms with Crippen molar-refractivity contribution < 1.29 is 14.1 Å². The summed E-state index contributed by atoms with van der Waals surface area (Å²) in [6.45, 7) is 6.15. The monoisotopic (exact) mass is 400 g/mol. The number of hydrogen-bond donors (Lipinski definition) is 1. The summed E-state index contributed by atoms with van der Waals surface area (Å²) in [5.74, 6) is 0.933. The molecule has 3 rings (SSSR count). The molecule has 0 unspecified atom stereocenters. The Kier molecular flexibility index (Phi) is 6.76. The number of carbonyl (C=O) groups is 1. The quantitative estimate of drug-likeness (QED) is 0.523. The Morgan fingerprint density at radius 3 is 2.79 bits per heavy atom. The summed E-state index contributed by atoms with van der Waals surface area (Å²) in [5, 5.41) is 16.4. The maximum absolute atomic E-state index is 12.7. The maximum atomic E-state index is 12.7. The zero-order chi connectivity index (χ0) is 19.9. The van der Waals surface area contributed by atoms with Gasteiger partial charge in [-0.1, -0.05) is 48.4 Å². The average molecular weight is 401 g/mol. The van der Waals surface area contributed by atoms with Gasteiger partial charge >= 0.3 is 0 Å². The summed E-state index contributed by atoms with van der Waals surface area (Å²) in [7, 11) is 0. The van der Waals surface area contributed by atoms with Gasteiger partial charge in [0.1, 0.15) is 23.1 Å². The molecule has 28 heavy (non-hydrogen) atoms. The molecule has 7 nitrogen and oxygen atoms in total. The molecule has 0 radical (unpaired) electrons. The van der Waals surface area contributed by atoms with E-state index in [2.05, 4.69) is 27.6 Å². The highest BCUT2D eigenvalue weighted by Gasteiger charge is 2.16. The lowest BCUT2D eigenvalue weighted by molar-refractivity contribution is 0.102. The average Bonchev–Trinajstić information content (AvgIpc) is 3.27. The fraction of sp³-hybridized carbons (Fsp3) is 0.400. The van der Waals surface area contributed by atoms with Crippen molar-refractivity contribution in [2.24, 2.45) is 0 Å². The van der Waals surface area contributed by atoms with E-state index in [4.69, 9.17) is 9.26 Å². The van der Waals surface area contributed by atoms with Gasteiger partial charge in [-0.25, -0.2) is 0 Å².